The lowest BCUT2D eigenvalue weighted by atomic mass is 10.1. The summed E-state index contributed by atoms with van der Waals surface area (Å²) in [7, 11) is 1.41. The molecule has 0 heterocycles. The van der Waals surface area contributed by atoms with E-state index in [0.717, 1.165) is 12.1 Å². The van der Waals surface area contributed by atoms with E-state index in [4.69, 9.17) is 32.7 Å². The van der Waals surface area contributed by atoms with Crippen molar-refractivity contribution in [3.8, 4) is 17.6 Å². The Bertz CT molecular complexity index is 1320. The molecule has 0 aliphatic carbocycles. The normalized spacial score (nSPS) is 11.5. The van der Waals surface area contributed by atoms with E-state index in [0.29, 0.717) is 26.9 Å². The number of halogens is 5. The van der Waals surface area contributed by atoms with Crippen molar-refractivity contribution in [2.45, 2.75) is 12.8 Å². The van der Waals surface area contributed by atoms with Gasteiger partial charge in [0.2, 0.25) is 0 Å². The lowest BCUT2D eigenvalue weighted by molar-refractivity contribution is -0.137. The van der Waals surface area contributed by atoms with Gasteiger partial charge in [-0.15, -0.1) is 0 Å². The molecular formula is C25H17Cl2F3N2O3. The second-order valence-electron chi connectivity index (χ2n) is 7.07. The first-order valence-electron chi connectivity index (χ1n) is 9.97. The maximum atomic E-state index is 13.3. The zero-order chi connectivity index (χ0) is 25.6. The highest BCUT2D eigenvalue weighted by Crippen LogP contribution is 2.36. The number of nitrogens with zero attached hydrogens (tertiary/aromatic N) is 1. The summed E-state index contributed by atoms with van der Waals surface area (Å²) in [5.41, 5.74) is -1.02. The quantitative estimate of drug-likeness (QED) is 0.265. The number of alkyl halides is 3. The number of anilines is 1. The molecule has 10 heteroatoms. The van der Waals surface area contributed by atoms with Gasteiger partial charge in [-0.05, 0) is 36.4 Å². The summed E-state index contributed by atoms with van der Waals surface area (Å²) >= 11 is 12.1. The Hall–Kier alpha value is -3.67. The number of hydrogen-bond donors (Lipinski definition) is 1. The number of nitriles is 1. The van der Waals surface area contributed by atoms with Crippen LogP contribution in [0, 0.1) is 11.3 Å². The van der Waals surface area contributed by atoms with E-state index in [1.807, 2.05) is 0 Å². The van der Waals surface area contributed by atoms with Gasteiger partial charge in [0.15, 0.2) is 11.5 Å². The van der Waals surface area contributed by atoms with Crippen molar-refractivity contribution in [1.82, 2.24) is 0 Å². The SMILES string of the molecule is COc1cccc(C=C(C#N)C(=O)Nc2ccccc2C(F)(F)F)c1OCc1ccc(Cl)cc1Cl. The third-order valence-corrected chi connectivity index (χ3v) is 5.35. The van der Waals surface area contributed by atoms with Crippen molar-refractivity contribution < 1.29 is 27.4 Å². The monoisotopic (exact) mass is 520 g/mol. The molecule has 3 rings (SSSR count). The Morgan fingerprint density at radius 1 is 1.11 bits per heavy atom. The maximum Gasteiger partial charge on any atom is 0.418 e. The largest absolute Gasteiger partial charge is 0.493 e. The first-order chi connectivity index (χ1) is 16.6. The second kappa shape index (κ2) is 11.2. The Kier molecular flexibility index (Phi) is 8.28. The number of para-hydroxylation sites is 2. The van der Waals surface area contributed by atoms with Crippen LogP contribution in [0.25, 0.3) is 6.08 Å². The molecule has 35 heavy (non-hydrogen) atoms. The van der Waals surface area contributed by atoms with E-state index in [1.54, 1.807) is 42.5 Å². The number of rotatable bonds is 7. The molecule has 0 atom stereocenters. The Balaban J connectivity index is 1.92. The highest BCUT2D eigenvalue weighted by Gasteiger charge is 2.33. The maximum absolute atomic E-state index is 13.3. The summed E-state index contributed by atoms with van der Waals surface area (Å²) in [4.78, 5) is 12.7. The Labute approximate surface area is 209 Å². The first kappa shape index (κ1) is 25.9. The average Bonchev–Trinajstić information content (AvgIpc) is 2.81. The number of benzene rings is 3. The summed E-state index contributed by atoms with van der Waals surface area (Å²) in [6, 6.07) is 15.9. The van der Waals surface area contributed by atoms with Gasteiger partial charge in [-0.1, -0.05) is 53.5 Å². The van der Waals surface area contributed by atoms with Crippen LogP contribution < -0.4 is 14.8 Å². The fraction of sp³-hybridized carbons (Fsp3) is 0.120. The molecule has 3 aromatic rings. The summed E-state index contributed by atoms with van der Waals surface area (Å²) < 4.78 is 51.0. The van der Waals surface area contributed by atoms with Crippen LogP contribution in [0.1, 0.15) is 16.7 Å². The number of nitrogens with one attached hydrogen (secondary N) is 1. The molecule has 0 aromatic heterocycles. The van der Waals surface area contributed by atoms with Gasteiger partial charge in [-0.3, -0.25) is 4.79 Å². The van der Waals surface area contributed by atoms with Gasteiger partial charge in [-0.2, -0.15) is 18.4 Å². The van der Waals surface area contributed by atoms with Crippen molar-refractivity contribution in [3.05, 3.63) is 93.0 Å². The summed E-state index contributed by atoms with van der Waals surface area (Å²) in [6.07, 6.45) is -3.48. The molecule has 0 saturated carbocycles. The van der Waals surface area contributed by atoms with Crippen molar-refractivity contribution >= 4 is 40.9 Å². The minimum atomic E-state index is -4.68. The Morgan fingerprint density at radius 2 is 1.86 bits per heavy atom. The van der Waals surface area contributed by atoms with E-state index in [9.17, 15) is 23.2 Å². The standard InChI is InChI=1S/C25H17Cl2F3N2O3/c1-34-22-8-4-5-15(23(22)35-14-16-9-10-18(26)12-20(16)27)11-17(13-31)24(33)32-21-7-3-2-6-19(21)25(28,29)30/h2-12H,14H2,1H3,(H,32,33). The molecule has 0 aliphatic heterocycles. The smallest absolute Gasteiger partial charge is 0.418 e. The van der Waals surface area contributed by atoms with E-state index < -0.39 is 28.9 Å². The third-order valence-electron chi connectivity index (χ3n) is 4.76. The van der Waals surface area contributed by atoms with Crippen LogP contribution >= 0.6 is 23.2 Å². The van der Waals surface area contributed by atoms with Gasteiger partial charge in [-0.25, -0.2) is 0 Å². The summed E-state index contributed by atoms with van der Waals surface area (Å²) in [5, 5.41) is 12.5. The molecule has 0 bridgehead atoms. The van der Waals surface area contributed by atoms with Crippen LogP contribution in [0.15, 0.2) is 66.2 Å². The lowest BCUT2D eigenvalue weighted by Gasteiger charge is -2.15. The molecule has 180 valence electrons. The predicted octanol–water partition coefficient (Wildman–Crippen LogP) is 7.15. The van der Waals surface area contributed by atoms with Crippen molar-refractivity contribution in [3.63, 3.8) is 0 Å². The Morgan fingerprint density at radius 3 is 2.51 bits per heavy atom. The van der Waals surface area contributed by atoms with Crippen molar-refractivity contribution in [2.24, 2.45) is 0 Å². The van der Waals surface area contributed by atoms with E-state index in [-0.39, 0.29) is 12.4 Å². The van der Waals surface area contributed by atoms with Crippen LogP contribution in [-0.2, 0) is 17.6 Å². The molecule has 0 saturated heterocycles. The van der Waals surface area contributed by atoms with Gasteiger partial charge in [0.05, 0.1) is 18.4 Å². The van der Waals surface area contributed by atoms with Gasteiger partial charge in [0, 0.05) is 21.2 Å². The van der Waals surface area contributed by atoms with Crippen molar-refractivity contribution in [1.29, 1.82) is 5.26 Å². The molecule has 0 spiro atoms. The van der Waals surface area contributed by atoms with Crippen LogP contribution in [0.3, 0.4) is 0 Å². The number of ether oxygens (including phenoxy) is 2. The first-order valence-corrected chi connectivity index (χ1v) is 10.7. The van der Waals surface area contributed by atoms with E-state index in [1.165, 1.54) is 25.3 Å². The molecule has 0 unspecified atom stereocenters. The zero-order valence-electron chi connectivity index (χ0n) is 18.1. The highest BCUT2D eigenvalue weighted by atomic mass is 35.5. The fourth-order valence-electron chi connectivity index (χ4n) is 3.08. The highest BCUT2D eigenvalue weighted by molar-refractivity contribution is 6.35. The van der Waals surface area contributed by atoms with Gasteiger partial charge in [0.1, 0.15) is 18.2 Å². The number of methoxy groups -OCH3 is 1. The summed E-state index contributed by atoms with van der Waals surface area (Å²) in [5.74, 6) is -0.500. The van der Waals surface area contributed by atoms with E-state index >= 15 is 0 Å². The molecule has 3 aromatic carbocycles. The number of hydrogen-bond acceptors (Lipinski definition) is 4. The summed E-state index contributed by atoms with van der Waals surface area (Å²) in [6.45, 7) is 0.0181. The minimum absolute atomic E-state index is 0.0181. The molecule has 0 fully saturated rings. The second-order valence-corrected chi connectivity index (χ2v) is 7.91. The fourth-order valence-corrected chi connectivity index (χ4v) is 3.55. The topological polar surface area (TPSA) is 71.3 Å². The predicted molar refractivity (Wildman–Crippen MR) is 127 cm³/mol. The molecule has 1 N–H and O–H groups in total. The molecule has 1 amide bonds. The van der Waals surface area contributed by atoms with Crippen LogP contribution in [-0.4, -0.2) is 13.0 Å². The molecular weight excluding hydrogens is 504 g/mol. The third kappa shape index (κ3) is 6.47. The van der Waals surface area contributed by atoms with E-state index in [2.05, 4.69) is 5.32 Å². The van der Waals surface area contributed by atoms with Gasteiger partial charge in [0.25, 0.3) is 5.91 Å². The lowest BCUT2D eigenvalue weighted by Crippen LogP contribution is -2.17. The number of carbonyl (C=O) groups is 1. The van der Waals surface area contributed by atoms with Crippen LogP contribution in [0.2, 0.25) is 10.0 Å². The number of carbonyl (C=O) groups excluding carboxylic acids is 1. The molecule has 5 nitrogen and oxygen atoms in total. The van der Waals surface area contributed by atoms with Gasteiger partial charge >= 0.3 is 6.18 Å². The molecule has 0 aliphatic rings. The zero-order valence-corrected chi connectivity index (χ0v) is 19.6. The number of amides is 1. The molecule has 0 radical (unpaired) electrons. The van der Waals surface area contributed by atoms with Gasteiger partial charge < -0.3 is 14.8 Å². The van der Waals surface area contributed by atoms with Crippen molar-refractivity contribution in [2.75, 3.05) is 12.4 Å². The average molecular weight is 521 g/mol. The minimum Gasteiger partial charge on any atom is -0.493 e. The van der Waals surface area contributed by atoms with Crippen LogP contribution in [0.4, 0.5) is 18.9 Å². The van der Waals surface area contributed by atoms with Crippen LogP contribution in [0.5, 0.6) is 11.5 Å².